The van der Waals surface area contributed by atoms with Crippen LogP contribution in [0, 0.1) is 0 Å². The van der Waals surface area contributed by atoms with E-state index in [2.05, 4.69) is 10.3 Å². The fourth-order valence-electron chi connectivity index (χ4n) is 4.35. The van der Waals surface area contributed by atoms with Gasteiger partial charge in [0.1, 0.15) is 0 Å². The minimum Gasteiger partial charge on any atom is -0.324 e. The quantitative estimate of drug-likeness (QED) is 0.339. The molecule has 1 unspecified atom stereocenters. The maximum absolute atomic E-state index is 13.3. The fourth-order valence-corrected chi connectivity index (χ4v) is 5.33. The zero-order valence-corrected chi connectivity index (χ0v) is 18.6. The first kappa shape index (κ1) is 20.7. The van der Waals surface area contributed by atoms with Crippen LogP contribution in [0.5, 0.6) is 0 Å². The Morgan fingerprint density at radius 3 is 2.62 bits per heavy atom. The standard InChI is InChI=1S/C25H24N4O2S/c1-16(23(30)27-21-14-6-13-20-18(21)11-7-15-26-20)32-25-28-22-12-5-4-10-19(22)24(31)29(25)17-8-2-3-9-17/h4-7,10-17H,2-3,8-9H2,1H3,(H,27,30). The van der Waals surface area contributed by atoms with Crippen molar-refractivity contribution < 1.29 is 4.79 Å². The molecule has 1 N–H and O–H groups in total. The lowest BCUT2D eigenvalue weighted by atomic mass is 10.2. The minimum atomic E-state index is -0.428. The molecule has 0 aliphatic heterocycles. The first-order valence-electron chi connectivity index (χ1n) is 10.9. The van der Waals surface area contributed by atoms with Crippen molar-refractivity contribution in [2.24, 2.45) is 0 Å². The third kappa shape index (κ3) is 3.88. The Morgan fingerprint density at radius 1 is 1.03 bits per heavy atom. The van der Waals surface area contributed by atoms with Gasteiger partial charge in [-0.1, -0.05) is 42.8 Å². The molecular formula is C25H24N4O2S. The topological polar surface area (TPSA) is 76.9 Å². The molecule has 1 fully saturated rings. The van der Waals surface area contributed by atoms with Crippen LogP contribution in [-0.2, 0) is 4.79 Å². The van der Waals surface area contributed by atoms with E-state index < -0.39 is 5.25 Å². The van der Waals surface area contributed by atoms with Crippen LogP contribution in [0.2, 0.25) is 0 Å². The molecule has 2 heterocycles. The third-order valence-electron chi connectivity index (χ3n) is 6.02. The van der Waals surface area contributed by atoms with E-state index >= 15 is 0 Å². The van der Waals surface area contributed by atoms with Crippen LogP contribution in [0.25, 0.3) is 21.8 Å². The number of anilines is 1. The number of carbonyl (C=O) groups excluding carboxylic acids is 1. The van der Waals surface area contributed by atoms with E-state index in [0.717, 1.165) is 42.3 Å². The highest BCUT2D eigenvalue weighted by molar-refractivity contribution is 8.00. The van der Waals surface area contributed by atoms with Crippen LogP contribution < -0.4 is 10.9 Å². The van der Waals surface area contributed by atoms with Crippen molar-refractivity contribution in [1.29, 1.82) is 0 Å². The summed E-state index contributed by atoms with van der Waals surface area (Å²) in [5.41, 5.74) is 2.21. The monoisotopic (exact) mass is 444 g/mol. The highest BCUT2D eigenvalue weighted by atomic mass is 32.2. The molecule has 0 saturated heterocycles. The number of para-hydroxylation sites is 1. The normalized spacial score (nSPS) is 15.3. The van der Waals surface area contributed by atoms with Gasteiger partial charge < -0.3 is 5.32 Å². The maximum atomic E-state index is 13.3. The van der Waals surface area contributed by atoms with Gasteiger partial charge in [0.25, 0.3) is 5.56 Å². The smallest absolute Gasteiger partial charge is 0.262 e. The minimum absolute atomic E-state index is 0.0160. The molecule has 1 amide bonds. The zero-order valence-electron chi connectivity index (χ0n) is 17.8. The molecule has 0 bridgehead atoms. The Labute approximate surface area is 190 Å². The number of benzene rings is 2. The van der Waals surface area contributed by atoms with E-state index in [1.165, 1.54) is 11.8 Å². The van der Waals surface area contributed by atoms with Gasteiger partial charge in [0.15, 0.2) is 5.16 Å². The van der Waals surface area contributed by atoms with E-state index in [1.807, 2.05) is 66.1 Å². The fraction of sp³-hybridized carbons (Fsp3) is 0.280. The third-order valence-corrected chi connectivity index (χ3v) is 7.09. The first-order valence-corrected chi connectivity index (χ1v) is 11.8. The highest BCUT2D eigenvalue weighted by Gasteiger charge is 2.25. The van der Waals surface area contributed by atoms with E-state index in [9.17, 15) is 9.59 Å². The Balaban J connectivity index is 1.46. The number of hydrogen-bond donors (Lipinski definition) is 1. The predicted molar refractivity (Wildman–Crippen MR) is 129 cm³/mol. The summed E-state index contributed by atoms with van der Waals surface area (Å²) in [6.45, 7) is 1.85. The Hall–Kier alpha value is -3.19. The van der Waals surface area contributed by atoms with Crippen LogP contribution in [0.15, 0.2) is 70.7 Å². The van der Waals surface area contributed by atoms with Crippen LogP contribution in [0.3, 0.4) is 0 Å². The Bertz CT molecular complexity index is 1360. The number of rotatable bonds is 5. The van der Waals surface area contributed by atoms with Gasteiger partial charge in [0.05, 0.1) is 27.4 Å². The van der Waals surface area contributed by atoms with E-state index in [4.69, 9.17) is 4.98 Å². The van der Waals surface area contributed by atoms with Crippen molar-refractivity contribution in [3.8, 4) is 0 Å². The number of thioether (sulfide) groups is 1. The number of nitrogens with one attached hydrogen (secondary N) is 1. The van der Waals surface area contributed by atoms with Crippen molar-refractivity contribution in [3.05, 3.63) is 71.1 Å². The summed E-state index contributed by atoms with van der Waals surface area (Å²) in [5, 5.41) is 4.74. The van der Waals surface area contributed by atoms with Crippen LogP contribution in [-0.4, -0.2) is 25.7 Å². The van der Waals surface area contributed by atoms with Crippen LogP contribution >= 0.6 is 11.8 Å². The van der Waals surface area contributed by atoms with Crippen LogP contribution in [0.4, 0.5) is 5.69 Å². The molecule has 1 atom stereocenters. The van der Waals surface area contributed by atoms with Gasteiger partial charge in [-0.3, -0.25) is 19.1 Å². The average molecular weight is 445 g/mol. The van der Waals surface area contributed by atoms with Crippen molar-refractivity contribution in [3.63, 3.8) is 0 Å². The summed E-state index contributed by atoms with van der Waals surface area (Å²) < 4.78 is 1.83. The van der Waals surface area contributed by atoms with Crippen molar-refractivity contribution in [2.45, 2.75) is 49.1 Å². The second-order valence-electron chi connectivity index (χ2n) is 8.15. The average Bonchev–Trinajstić information content (AvgIpc) is 3.34. The molecule has 0 spiro atoms. The van der Waals surface area contributed by atoms with Crippen molar-refractivity contribution in [2.75, 3.05) is 5.32 Å². The molecule has 4 aromatic rings. The zero-order chi connectivity index (χ0) is 22.1. The summed E-state index contributed by atoms with van der Waals surface area (Å²) in [7, 11) is 0. The molecule has 2 aromatic heterocycles. The lowest BCUT2D eigenvalue weighted by molar-refractivity contribution is -0.115. The van der Waals surface area contributed by atoms with Gasteiger partial charge in [0, 0.05) is 17.6 Å². The van der Waals surface area contributed by atoms with Crippen molar-refractivity contribution in [1.82, 2.24) is 14.5 Å². The summed E-state index contributed by atoms with van der Waals surface area (Å²) >= 11 is 1.34. The highest BCUT2D eigenvalue weighted by Crippen LogP contribution is 2.33. The molecule has 7 heteroatoms. The lowest BCUT2D eigenvalue weighted by Gasteiger charge is -2.20. The SMILES string of the molecule is CC(Sc1nc2ccccc2c(=O)n1C1CCCC1)C(=O)Nc1cccc2ncccc12. The van der Waals surface area contributed by atoms with Gasteiger partial charge in [-0.15, -0.1) is 0 Å². The summed E-state index contributed by atoms with van der Waals surface area (Å²) in [5.74, 6) is -0.133. The van der Waals surface area contributed by atoms with Gasteiger partial charge in [-0.2, -0.15) is 0 Å². The molecule has 6 nitrogen and oxygen atoms in total. The molecule has 1 saturated carbocycles. The molecule has 0 radical (unpaired) electrons. The molecular weight excluding hydrogens is 420 g/mol. The number of pyridine rings is 1. The number of carbonyl (C=O) groups is 1. The largest absolute Gasteiger partial charge is 0.324 e. The maximum Gasteiger partial charge on any atom is 0.262 e. The van der Waals surface area contributed by atoms with Gasteiger partial charge in [-0.05, 0) is 56.2 Å². The number of hydrogen-bond acceptors (Lipinski definition) is 5. The van der Waals surface area contributed by atoms with Crippen molar-refractivity contribution >= 4 is 45.2 Å². The molecule has 32 heavy (non-hydrogen) atoms. The number of aromatic nitrogens is 3. The predicted octanol–water partition coefficient (Wildman–Crippen LogP) is 5.18. The second kappa shape index (κ2) is 8.74. The molecule has 1 aliphatic rings. The lowest BCUT2D eigenvalue weighted by Crippen LogP contribution is -2.29. The summed E-state index contributed by atoms with van der Waals surface area (Å²) in [4.78, 5) is 35.5. The summed E-state index contributed by atoms with van der Waals surface area (Å²) in [6, 6.07) is 17.0. The number of amides is 1. The first-order chi connectivity index (χ1) is 15.6. The second-order valence-corrected chi connectivity index (χ2v) is 9.46. The van der Waals surface area contributed by atoms with Gasteiger partial charge in [-0.25, -0.2) is 4.98 Å². The van der Waals surface area contributed by atoms with Gasteiger partial charge >= 0.3 is 0 Å². The molecule has 162 valence electrons. The number of fused-ring (bicyclic) bond motifs is 2. The molecule has 2 aromatic carbocycles. The number of nitrogens with zero attached hydrogens (tertiary/aromatic N) is 3. The Kier molecular flexibility index (Phi) is 5.66. The van der Waals surface area contributed by atoms with E-state index in [1.54, 1.807) is 6.20 Å². The Morgan fingerprint density at radius 2 is 1.78 bits per heavy atom. The van der Waals surface area contributed by atoms with E-state index in [0.29, 0.717) is 16.1 Å². The molecule has 5 rings (SSSR count). The van der Waals surface area contributed by atoms with Crippen LogP contribution in [0.1, 0.15) is 38.6 Å². The van der Waals surface area contributed by atoms with E-state index in [-0.39, 0.29) is 17.5 Å². The van der Waals surface area contributed by atoms with Gasteiger partial charge in [0.2, 0.25) is 5.91 Å². The molecule has 1 aliphatic carbocycles. The summed E-state index contributed by atoms with van der Waals surface area (Å²) in [6.07, 6.45) is 5.90.